The summed E-state index contributed by atoms with van der Waals surface area (Å²) < 4.78 is 0. The molecule has 2 amide bonds. The van der Waals surface area contributed by atoms with Crippen LogP contribution in [0.5, 0.6) is 0 Å². The second-order valence-electron chi connectivity index (χ2n) is 5.24. The SMILES string of the molecule is CNC(=O)c1ccc(CN(C)C(=O)c2cccc([N+](=O)[O-])c2)cc1. The Kier molecular flexibility index (Phi) is 5.26. The molecule has 0 radical (unpaired) electrons. The molecule has 0 heterocycles. The average Bonchev–Trinajstić information content (AvgIpc) is 2.61. The van der Waals surface area contributed by atoms with Crippen molar-refractivity contribution in [1.82, 2.24) is 10.2 Å². The Balaban J connectivity index is 2.10. The van der Waals surface area contributed by atoms with Crippen LogP contribution in [0.25, 0.3) is 0 Å². The van der Waals surface area contributed by atoms with Crippen molar-refractivity contribution in [3.8, 4) is 0 Å². The summed E-state index contributed by atoms with van der Waals surface area (Å²) in [5.41, 5.74) is 1.52. The van der Waals surface area contributed by atoms with Gasteiger partial charge in [0.25, 0.3) is 17.5 Å². The second kappa shape index (κ2) is 7.36. The van der Waals surface area contributed by atoms with E-state index in [2.05, 4.69) is 5.32 Å². The molecule has 0 unspecified atom stereocenters. The first-order valence-corrected chi connectivity index (χ1v) is 7.23. The Bertz CT molecular complexity index is 772. The molecule has 0 saturated carbocycles. The number of benzene rings is 2. The molecule has 24 heavy (non-hydrogen) atoms. The summed E-state index contributed by atoms with van der Waals surface area (Å²) >= 11 is 0. The van der Waals surface area contributed by atoms with Gasteiger partial charge >= 0.3 is 0 Å². The molecule has 0 bridgehead atoms. The highest BCUT2D eigenvalue weighted by molar-refractivity contribution is 5.95. The van der Waals surface area contributed by atoms with Crippen LogP contribution in [-0.2, 0) is 6.54 Å². The van der Waals surface area contributed by atoms with Crippen LogP contribution in [-0.4, -0.2) is 35.7 Å². The minimum atomic E-state index is -0.533. The number of hydrogen-bond donors (Lipinski definition) is 1. The highest BCUT2D eigenvalue weighted by atomic mass is 16.6. The first-order valence-electron chi connectivity index (χ1n) is 7.23. The van der Waals surface area contributed by atoms with Gasteiger partial charge in [-0.1, -0.05) is 18.2 Å². The van der Waals surface area contributed by atoms with E-state index < -0.39 is 4.92 Å². The third kappa shape index (κ3) is 3.95. The van der Waals surface area contributed by atoms with Crippen LogP contribution in [0.2, 0.25) is 0 Å². The van der Waals surface area contributed by atoms with E-state index in [-0.39, 0.29) is 23.1 Å². The lowest BCUT2D eigenvalue weighted by Gasteiger charge is -2.17. The number of nitrogens with zero attached hydrogens (tertiary/aromatic N) is 2. The number of nitro groups is 1. The molecule has 2 rings (SSSR count). The van der Waals surface area contributed by atoms with Crippen LogP contribution < -0.4 is 5.32 Å². The van der Waals surface area contributed by atoms with E-state index >= 15 is 0 Å². The van der Waals surface area contributed by atoms with Crippen LogP contribution in [0, 0.1) is 10.1 Å². The quantitative estimate of drug-likeness (QED) is 0.673. The number of nitro benzene ring substituents is 1. The fourth-order valence-electron chi connectivity index (χ4n) is 2.22. The number of amides is 2. The van der Waals surface area contributed by atoms with Crippen molar-refractivity contribution in [1.29, 1.82) is 0 Å². The predicted octanol–water partition coefficient (Wildman–Crippen LogP) is 2.23. The van der Waals surface area contributed by atoms with Crippen LogP contribution in [0.15, 0.2) is 48.5 Å². The Morgan fingerprint density at radius 2 is 1.79 bits per heavy atom. The zero-order valence-electron chi connectivity index (χ0n) is 13.4. The molecule has 0 aliphatic heterocycles. The van der Waals surface area contributed by atoms with Gasteiger partial charge in [0.1, 0.15) is 0 Å². The molecule has 124 valence electrons. The molecule has 1 N–H and O–H groups in total. The molecule has 2 aromatic rings. The number of nitrogens with one attached hydrogen (secondary N) is 1. The smallest absolute Gasteiger partial charge is 0.270 e. The topological polar surface area (TPSA) is 92.6 Å². The Labute approximate surface area is 139 Å². The summed E-state index contributed by atoms with van der Waals surface area (Å²) in [6.45, 7) is 0.329. The molecule has 2 aromatic carbocycles. The standard InChI is InChI=1S/C17H17N3O4/c1-18-16(21)13-8-6-12(7-9-13)11-19(2)17(22)14-4-3-5-15(10-14)20(23)24/h3-10H,11H2,1-2H3,(H,18,21). The molecule has 0 aliphatic rings. The first-order chi connectivity index (χ1) is 11.4. The van der Waals surface area contributed by atoms with Gasteiger partial charge in [-0.05, 0) is 23.8 Å². The maximum absolute atomic E-state index is 12.4. The Hall–Kier alpha value is -3.22. The molecular formula is C17H17N3O4. The zero-order chi connectivity index (χ0) is 17.7. The maximum atomic E-state index is 12.4. The highest BCUT2D eigenvalue weighted by Gasteiger charge is 2.15. The maximum Gasteiger partial charge on any atom is 0.270 e. The zero-order valence-corrected chi connectivity index (χ0v) is 13.4. The summed E-state index contributed by atoms with van der Waals surface area (Å²) in [5.74, 6) is -0.489. The molecule has 0 saturated heterocycles. The third-order valence-electron chi connectivity index (χ3n) is 3.51. The lowest BCUT2D eigenvalue weighted by Crippen LogP contribution is -2.26. The molecule has 7 heteroatoms. The van der Waals surface area contributed by atoms with Crippen molar-refractivity contribution in [2.75, 3.05) is 14.1 Å². The van der Waals surface area contributed by atoms with E-state index in [4.69, 9.17) is 0 Å². The number of rotatable bonds is 5. The molecule has 0 aliphatic carbocycles. The van der Waals surface area contributed by atoms with Gasteiger partial charge in [0.05, 0.1) is 4.92 Å². The van der Waals surface area contributed by atoms with Gasteiger partial charge in [0.15, 0.2) is 0 Å². The van der Waals surface area contributed by atoms with Gasteiger partial charge in [-0.3, -0.25) is 19.7 Å². The summed E-state index contributed by atoms with van der Waals surface area (Å²) in [7, 11) is 3.18. The van der Waals surface area contributed by atoms with E-state index in [0.29, 0.717) is 12.1 Å². The number of non-ortho nitro benzene ring substituents is 1. The molecule has 0 fully saturated rings. The minimum absolute atomic E-state index is 0.121. The average molecular weight is 327 g/mol. The van der Waals surface area contributed by atoms with Crippen molar-refractivity contribution < 1.29 is 14.5 Å². The van der Waals surface area contributed by atoms with Crippen molar-refractivity contribution in [2.45, 2.75) is 6.54 Å². The second-order valence-corrected chi connectivity index (χ2v) is 5.24. The van der Waals surface area contributed by atoms with Crippen molar-refractivity contribution in [3.63, 3.8) is 0 Å². The number of carbonyl (C=O) groups is 2. The van der Waals surface area contributed by atoms with Crippen LogP contribution in [0.3, 0.4) is 0 Å². The summed E-state index contributed by atoms with van der Waals surface area (Å²) in [6, 6.07) is 12.5. The lowest BCUT2D eigenvalue weighted by molar-refractivity contribution is -0.384. The van der Waals surface area contributed by atoms with E-state index in [1.807, 2.05) is 0 Å². The van der Waals surface area contributed by atoms with E-state index in [1.165, 1.54) is 23.1 Å². The minimum Gasteiger partial charge on any atom is -0.355 e. The van der Waals surface area contributed by atoms with Crippen molar-refractivity contribution in [2.24, 2.45) is 0 Å². The normalized spacial score (nSPS) is 10.1. The van der Waals surface area contributed by atoms with E-state index in [1.54, 1.807) is 44.4 Å². The molecular weight excluding hydrogens is 310 g/mol. The summed E-state index contributed by atoms with van der Waals surface area (Å²) in [5, 5.41) is 13.3. The number of hydrogen-bond acceptors (Lipinski definition) is 4. The Morgan fingerprint density at radius 3 is 2.38 bits per heavy atom. The number of carbonyl (C=O) groups excluding carboxylic acids is 2. The van der Waals surface area contributed by atoms with Crippen LogP contribution >= 0.6 is 0 Å². The summed E-state index contributed by atoms with van der Waals surface area (Å²) in [4.78, 5) is 35.6. The van der Waals surface area contributed by atoms with Gasteiger partial charge in [0, 0.05) is 43.9 Å². The van der Waals surface area contributed by atoms with Crippen LogP contribution in [0.1, 0.15) is 26.3 Å². The van der Waals surface area contributed by atoms with Crippen LogP contribution in [0.4, 0.5) is 5.69 Å². The van der Waals surface area contributed by atoms with Crippen molar-refractivity contribution >= 4 is 17.5 Å². The van der Waals surface area contributed by atoms with E-state index in [9.17, 15) is 19.7 Å². The lowest BCUT2D eigenvalue weighted by atomic mass is 10.1. The van der Waals surface area contributed by atoms with Gasteiger partial charge < -0.3 is 10.2 Å². The van der Waals surface area contributed by atoms with E-state index in [0.717, 1.165) is 5.56 Å². The van der Waals surface area contributed by atoms with Gasteiger partial charge in [-0.15, -0.1) is 0 Å². The molecule has 0 aromatic heterocycles. The fraction of sp³-hybridized carbons (Fsp3) is 0.176. The molecule has 0 atom stereocenters. The van der Waals surface area contributed by atoms with Gasteiger partial charge in [0.2, 0.25) is 0 Å². The Morgan fingerprint density at radius 1 is 1.12 bits per heavy atom. The largest absolute Gasteiger partial charge is 0.355 e. The van der Waals surface area contributed by atoms with Gasteiger partial charge in [-0.2, -0.15) is 0 Å². The first kappa shape index (κ1) is 17.1. The van der Waals surface area contributed by atoms with Gasteiger partial charge in [-0.25, -0.2) is 0 Å². The third-order valence-corrected chi connectivity index (χ3v) is 3.51. The molecule has 7 nitrogen and oxygen atoms in total. The predicted molar refractivity (Wildman–Crippen MR) is 88.7 cm³/mol. The van der Waals surface area contributed by atoms with Crippen molar-refractivity contribution in [3.05, 3.63) is 75.3 Å². The summed E-state index contributed by atoms with van der Waals surface area (Å²) in [6.07, 6.45) is 0. The highest BCUT2D eigenvalue weighted by Crippen LogP contribution is 2.15. The monoisotopic (exact) mass is 327 g/mol. The fourth-order valence-corrected chi connectivity index (χ4v) is 2.22. The molecule has 0 spiro atoms.